The van der Waals surface area contributed by atoms with Gasteiger partial charge in [-0.25, -0.2) is 13.2 Å². The fourth-order valence-electron chi connectivity index (χ4n) is 1.39. The van der Waals surface area contributed by atoms with Crippen molar-refractivity contribution in [1.29, 1.82) is 0 Å². The van der Waals surface area contributed by atoms with E-state index >= 15 is 0 Å². The minimum atomic E-state index is -2.40. The van der Waals surface area contributed by atoms with Crippen molar-refractivity contribution < 1.29 is 23.2 Å². The highest BCUT2D eigenvalue weighted by atomic mass is 19.2. The molecule has 2 aliphatic carbocycles. The molecule has 1 saturated carbocycles. The standard InChI is InChI=1S/C7H5F3.BH3O2/c1-6(9)4-2-3-5(8)7(4,6)10;2-1-3/h2-3H,1H3;1-3H. The van der Waals surface area contributed by atoms with Crippen molar-refractivity contribution in [3.63, 3.8) is 0 Å². The molecule has 0 bridgehead atoms. The first-order valence-corrected chi connectivity index (χ1v) is 3.61. The van der Waals surface area contributed by atoms with Crippen LogP contribution < -0.4 is 0 Å². The molecule has 0 heterocycles. The summed E-state index contributed by atoms with van der Waals surface area (Å²) in [5.41, 5.74) is -4.56. The van der Waals surface area contributed by atoms with Crippen LogP contribution >= 0.6 is 0 Å². The van der Waals surface area contributed by atoms with Crippen LogP contribution in [0.1, 0.15) is 6.92 Å². The Bertz CT molecular complexity index is 287. The highest BCUT2D eigenvalue weighted by Crippen LogP contribution is 2.66. The monoisotopic (exact) mass is 192 g/mol. The minimum Gasteiger partial charge on any atom is -0.430 e. The van der Waals surface area contributed by atoms with Gasteiger partial charge in [0, 0.05) is 5.57 Å². The molecule has 0 aliphatic heterocycles. The SMILES string of the molecule is CC1(F)C2=CC=C(F)C21F.OBO. The van der Waals surface area contributed by atoms with E-state index in [0.717, 1.165) is 19.1 Å². The Morgan fingerprint density at radius 2 is 1.77 bits per heavy atom. The summed E-state index contributed by atoms with van der Waals surface area (Å²) in [4.78, 5) is 0. The van der Waals surface area contributed by atoms with Gasteiger partial charge in [-0.1, -0.05) is 6.08 Å². The lowest BCUT2D eigenvalue weighted by atomic mass is 10.2. The lowest BCUT2D eigenvalue weighted by Crippen LogP contribution is -2.13. The third kappa shape index (κ3) is 1.13. The van der Waals surface area contributed by atoms with E-state index in [9.17, 15) is 13.2 Å². The number of rotatable bonds is 0. The molecule has 2 atom stereocenters. The third-order valence-corrected chi connectivity index (χ3v) is 2.19. The molecule has 13 heavy (non-hydrogen) atoms. The summed E-state index contributed by atoms with van der Waals surface area (Å²) in [7, 11) is -0.750. The lowest BCUT2D eigenvalue weighted by molar-refractivity contribution is 0.188. The van der Waals surface area contributed by atoms with Gasteiger partial charge in [0.05, 0.1) is 0 Å². The summed E-state index contributed by atoms with van der Waals surface area (Å²) in [6.07, 6.45) is 2.13. The molecular weight excluding hydrogens is 184 g/mol. The maximum atomic E-state index is 13.0. The highest BCUT2D eigenvalue weighted by molar-refractivity contribution is 6.13. The van der Waals surface area contributed by atoms with Gasteiger partial charge in [-0.05, 0) is 13.0 Å². The molecular formula is C7H8BF3O2. The predicted octanol–water partition coefficient (Wildman–Crippen LogP) is 0.467. The Balaban J connectivity index is 0.000000251. The van der Waals surface area contributed by atoms with E-state index in [0.29, 0.717) is 0 Å². The van der Waals surface area contributed by atoms with Gasteiger partial charge in [-0.3, -0.25) is 0 Å². The summed E-state index contributed by atoms with van der Waals surface area (Å²) in [6, 6.07) is 0. The molecule has 2 N–H and O–H groups in total. The zero-order valence-corrected chi connectivity index (χ0v) is 6.89. The van der Waals surface area contributed by atoms with Gasteiger partial charge in [0.15, 0.2) is 5.67 Å². The third-order valence-electron chi connectivity index (χ3n) is 2.19. The van der Waals surface area contributed by atoms with Gasteiger partial charge in [0.1, 0.15) is 5.83 Å². The molecule has 0 aromatic rings. The van der Waals surface area contributed by atoms with Gasteiger partial charge in [-0.2, -0.15) is 0 Å². The van der Waals surface area contributed by atoms with Crippen LogP contribution in [0.15, 0.2) is 23.6 Å². The van der Waals surface area contributed by atoms with E-state index in [1.807, 2.05) is 0 Å². The quantitative estimate of drug-likeness (QED) is 0.547. The van der Waals surface area contributed by atoms with Crippen molar-refractivity contribution >= 4 is 7.69 Å². The van der Waals surface area contributed by atoms with E-state index < -0.39 is 24.8 Å². The Labute approximate surface area is 73.7 Å². The first-order valence-electron chi connectivity index (χ1n) is 3.61. The van der Waals surface area contributed by atoms with Crippen molar-refractivity contribution in [2.75, 3.05) is 0 Å². The Morgan fingerprint density at radius 1 is 1.31 bits per heavy atom. The van der Waals surface area contributed by atoms with E-state index in [4.69, 9.17) is 10.0 Å². The number of fused-ring (bicyclic) bond motifs is 1. The zero-order valence-electron chi connectivity index (χ0n) is 6.89. The Hall–Kier alpha value is -0.745. The first kappa shape index (κ1) is 10.3. The van der Waals surface area contributed by atoms with Gasteiger partial charge in [0.25, 0.3) is 0 Å². The van der Waals surface area contributed by atoms with Crippen LogP contribution in [0.4, 0.5) is 13.2 Å². The summed E-state index contributed by atoms with van der Waals surface area (Å²) in [6.45, 7) is 1.05. The molecule has 1 fully saturated rings. The summed E-state index contributed by atoms with van der Waals surface area (Å²) >= 11 is 0. The average molecular weight is 192 g/mol. The second-order valence-corrected chi connectivity index (χ2v) is 2.90. The fourth-order valence-corrected chi connectivity index (χ4v) is 1.39. The largest absolute Gasteiger partial charge is 0.432 e. The molecule has 0 radical (unpaired) electrons. The van der Waals surface area contributed by atoms with Crippen LogP contribution in [0.2, 0.25) is 0 Å². The zero-order chi connectivity index (χ0) is 10.3. The molecule has 72 valence electrons. The second kappa shape index (κ2) is 2.89. The molecule has 0 saturated heterocycles. The normalized spacial score (nSPS) is 39.5. The van der Waals surface area contributed by atoms with Crippen LogP contribution in [0.3, 0.4) is 0 Å². The topological polar surface area (TPSA) is 40.5 Å². The fraction of sp³-hybridized carbons (Fsp3) is 0.429. The van der Waals surface area contributed by atoms with E-state index in [1.54, 1.807) is 0 Å². The number of allylic oxidation sites excluding steroid dienone is 4. The van der Waals surface area contributed by atoms with Crippen LogP contribution in [-0.2, 0) is 0 Å². The smallest absolute Gasteiger partial charge is 0.430 e. The van der Waals surface area contributed by atoms with Gasteiger partial charge >= 0.3 is 7.69 Å². The minimum absolute atomic E-state index is 0.0856. The number of alkyl halides is 2. The molecule has 2 aliphatic rings. The summed E-state index contributed by atoms with van der Waals surface area (Å²) in [5, 5.41) is 14.2. The molecule has 0 aromatic heterocycles. The van der Waals surface area contributed by atoms with Crippen molar-refractivity contribution in [3.8, 4) is 0 Å². The van der Waals surface area contributed by atoms with Crippen LogP contribution in [0, 0.1) is 0 Å². The van der Waals surface area contributed by atoms with Crippen molar-refractivity contribution in [1.82, 2.24) is 0 Å². The number of halogens is 3. The van der Waals surface area contributed by atoms with Crippen LogP contribution in [0.25, 0.3) is 0 Å². The predicted molar refractivity (Wildman–Crippen MR) is 42.2 cm³/mol. The molecule has 2 unspecified atom stereocenters. The Morgan fingerprint density at radius 3 is 1.92 bits per heavy atom. The molecule has 0 aromatic carbocycles. The first-order chi connectivity index (χ1) is 5.92. The van der Waals surface area contributed by atoms with Crippen molar-refractivity contribution in [2.24, 2.45) is 0 Å². The molecule has 0 spiro atoms. The summed E-state index contributed by atoms with van der Waals surface area (Å²) in [5.74, 6) is -1.01. The average Bonchev–Trinajstić information content (AvgIpc) is 2.35. The second-order valence-electron chi connectivity index (χ2n) is 2.90. The number of hydrogen-bond donors (Lipinski definition) is 2. The molecule has 2 rings (SSSR count). The Kier molecular flexibility index (Phi) is 2.29. The lowest BCUT2D eigenvalue weighted by Gasteiger charge is -2.01. The van der Waals surface area contributed by atoms with Gasteiger partial charge in [-0.15, -0.1) is 0 Å². The van der Waals surface area contributed by atoms with Gasteiger partial charge < -0.3 is 10.0 Å². The van der Waals surface area contributed by atoms with E-state index in [-0.39, 0.29) is 5.57 Å². The number of hydrogen-bond acceptors (Lipinski definition) is 2. The van der Waals surface area contributed by atoms with Crippen LogP contribution in [-0.4, -0.2) is 29.1 Å². The van der Waals surface area contributed by atoms with Crippen molar-refractivity contribution in [3.05, 3.63) is 23.6 Å². The maximum Gasteiger partial charge on any atom is 0.432 e. The van der Waals surface area contributed by atoms with Crippen molar-refractivity contribution in [2.45, 2.75) is 18.3 Å². The molecule has 6 heteroatoms. The molecule has 2 nitrogen and oxygen atoms in total. The maximum absolute atomic E-state index is 13.0. The highest BCUT2D eigenvalue weighted by Gasteiger charge is 2.77. The molecule has 0 amide bonds. The van der Waals surface area contributed by atoms with E-state index in [1.165, 1.54) is 0 Å². The van der Waals surface area contributed by atoms with Gasteiger partial charge in [0.2, 0.25) is 5.67 Å². The van der Waals surface area contributed by atoms with Crippen LogP contribution in [0.5, 0.6) is 0 Å². The van der Waals surface area contributed by atoms with E-state index in [2.05, 4.69) is 0 Å². The summed E-state index contributed by atoms with van der Waals surface area (Å²) < 4.78 is 38.2.